The molecule has 0 aliphatic carbocycles. The van der Waals surface area contributed by atoms with E-state index in [1.54, 1.807) is 33.5 Å². The third kappa shape index (κ3) is 3.60. The standard InChI is InChI=1S/C22H25N3O4/c1-27-18-11-15(12-19(28-2)20(18)29-3)22(26)25-10-6-7-14(13-25)21-23-16-8-4-5-9-17(16)24-21/h4-5,8-9,11-12,14H,6-7,10,13H2,1-3H3,(H,23,24). The first-order valence-electron chi connectivity index (χ1n) is 9.68. The number of rotatable bonds is 5. The number of imidazole rings is 1. The molecule has 1 aliphatic rings. The van der Waals surface area contributed by atoms with Gasteiger partial charge >= 0.3 is 0 Å². The third-order valence-corrected chi connectivity index (χ3v) is 5.41. The summed E-state index contributed by atoms with van der Waals surface area (Å²) >= 11 is 0. The van der Waals surface area contributed by atoms with E-state index in [2.05, 4.69) is 4.98 Å². The Morgan fingerprint density at radius 3 is 2.48 bits per heavy atom. The fourth-order valence-corrected chi connectivity index (χ4v) is 3.94. The molecule has 29 heavy (non-hydrogen) atoms. The minimum absolute atomic E-state index is 0.0509. The first-order chi connectivity index (χ1) is 14.1. The number of benzene rings is 2. The second-order valence-electron chi connectivity index (χ2n) is 7.14. The summed E-state index contributed by atoms with van der Waals surface area (Å²) in [6.45, 7) is 1.33. The summed E-state index contributed by atoms with van der Waals surface area (Å²) < 4.78 is 16.1. The summed E-state index contributed by atoms with van der Waals surface area (Å²) in [4.78, 5) is 23.2. The number of aromatic nitrogens is 2. The van der Waals surface area contributed by atoms with Gasteiger partial charge in [-0.3, -0.25) is 4.79 Å². The first kappa shape index (κ1) is 19.1. The minimum atomic E-state index is -0.0509. The van der Waals surface area contributed by atoms with Gasteiger partial charge < -0.3 is 24.1 Å². The smallest absolute Gasteiger partial charge is 0.254 e. The lowest BCUT2D eigenvalue weighted by atomic mass is 9.96. The molecule has 152 valence electrons. The summed E-state index contributed by atoms with van der Waals surface area (Å²) in [5.74, 6) is 2.49. The largest absolute Gasteiger partial charge is 0.493 e. The number of aromatic amines is 1. The van der Waals surface area contributed by atoms with E-state index in [0.717, 1.165) is 29.7 Å². The molecule has 1 aliphatic heterocycles. The van der Waals surface area contributed by atoms with Gasteiger partial charge in [-0.1, -0.05) is 12.1 Å². The van der Waals surface area contributed by atoms with Gasteiger partial charge in [-0.05, 0) is 37.1 Å². The zero-order valence-corrected chi connectivity index (χ0v) is 16.9. The average molecular weight is 395 g/mol. The second-order valence-corrected chi connectivity index (χ2v) is 7.14. The SMILES string of the molecule is COc1cc(C(=O)N2CCCC(c3nc4ccccc4[nH]3)C2)cc(OC)c1OC. The van der Waals surface area contributed by atoms with Crippen LogP contribution in [0.3, 0.4) is 0 Å². The maximum atomic E-state index is 13.2. The van der Waals surface area contributed by atoms with Crippen LogP contribution in [0.25, 0.3) is 11.0 Å². The predicted octanol–water partition coefficient (Wildman–Crippen LogP) is 3.61. The van der Waals surface area contributed by atoms with E-state index in [9.17, 15) is 4.79 Å². The summed E-state index contributed by atoms with van der Waals surface area (Å²) in [6, 6.07) is 11.4. The molecular formula is C22H25N3O4. The molecular weight excluding hydrogens is 370 g/mol. The first-order valence-corrected chi connectivity index (χ1v) is 9.68. The van der Waals surface area contributed by atoms with Crippen molar-refractivity contribution in [2.45, 2.75) is 18.8 Å². The Labute approximate surface area is 169 Å². The maximum absolute atomic E-state index is 13.2. The lowest BCUT2D eigenvalue weighted by Gasteiger charge is -2.32. The number of ether oxygens (including phenoxy) is 3. The average Bonchev–Trinajstić information content (AvgIpc) is 3.22. The number of hydrogen-bond acceptors (Lipinski definition) is 5. The van der Waals surface area contributed by atoms with Gasteiger partial charge in [0.05, 0.1) is 32.4 Å². The van der Waals surface area contributed by atoms with Gasteiger partial charge in [0, 0.05) is 24.6 Å². The number of piperidine rings is 1. The fraction of sp³-hybridized carbons (Fsp3) is 0.364. The van der Waals surface area contributed by atoms with Crippen LogP contribution in [0.1, 0.15) is 34.9 Å². The van der Waals surface area contributed by atoms with Gasteiger partial charge in [-0.2, -0.15) is 0 Å². The molecule has 1 aromatic heterocycles. The molecule has 3 aromatic rings. The Hall–Kier alpha value is -3.22. The number of amides is 1. The molecule has 0 saturated carbocycles. The van der Waals surface area contributed by atoms with Gasteiger partial charge in [-0.15, -0.1) is 0 Å². The molecule has 1 atom stereocenters. The number of carbonyl (C=O) groups is 1. The van der Waals surface area contributed by atoms with Crippen molar-refractivity contribution >= 4 is 16.9 Å². The van der Waals surface area contributed by atoms with E-state index in [4.69, 9.17) is 19.2 Å². The van der Waals surface area contributed by atoms with Gasteiger partial charge in [0.1, 0.15) is 5.82 Å². The second kappa shape index (κ2) is 8.03. The lowest BCUT2D eigenvalue weighted by molar-refractivity contribution is 0.0704. The highest BCUT2D eigenvalue weighted by molar-refractivity contribution is 5.95. The Bertz CT molecular complexity index is 972. The fourth-order valence-electron chi connectivity index (χ4n) is 3.94. The van der Waals surface area contributed by atoms with Crippen LogP contribution in [-0.2, 0) is 0 Å². The van der Waals surface area contributed by atoms with Crippen molar-refractivity contribution in [3.63, 3.8) is 0 Å². The molecule has 1 unspecified atom stereocenters. The van der Waals surface area contributed by atoms with Crippen LogP contribution in [0.2, 0.25) is 0 Å². The Kier molecular flexibility index (Phi) is 5.29. The van der Waals surface area contributed by atoms with E-state index in [-0.39, 0.29) is 11.8 Å². The molecule has 4 rings (SSSR count). The van der Waals surface area contributed by atoms with Crippen molar-refractivity contribution in [3.8, 4) is 17.2 Å². The van der Waals surface area contributed by atoms with Crippen LogP contribution in [0, 0.1) is 0 Å². The molecule has 7 heteroatoms. The van der Waals surface area contributed by atoms with E-state index >= 15 is 0 Å². The van der Waals surface area contributed by atoms with Crippen LogP contribution in [0.5, 0.6) is 17.2 Å². The van der Waals surface area contributed by atoms with Gasteiger partial charge in [0.15, 0.2) is 11.5 Å². The summed E-state index contributed by atoms with van der Waals surface area (Å²) in [5.41, 5.74) is 2.50. The van der Waals surface area contributed by atoms with Crippen LogP contribution >= 0.6 is 0 Å². The number of H-pyrrole nitrogens is 1. The Balaban J connectivity index is 1.59. The van der Waals surface area contributed by atoms with Crippen LogP contribution in [0.15, 0.2) is 36.4 Å². The molecule has 0 spiro atoms. The summed E-state index contributed by atoms with van der Waals surface area (Å²) in [5, 5.41) is 0. The van der Waals surface area contributed by atoms with E-state index in [0.29, 0.717) is 35.9 Å². The van der Waals surface area contributed by atoms with Crippen molar-refractivity contribution in [2.24, 2.45) is 0 Å². The highest BCUT2D eigenvalue weighted by Gasteiger charge is 2.28. The van der Waals surface area contributed by atoms with Crippen molar-refractivity contribution < 1.29 is 19.0 Å². The summed E-state index contributed by atoms with van der Waals surface area (Å²) in [6.07, 6.45) is 1.93. The highest BCUT2D eigenvalue weighted by Crippen LogP contribution is 2.39. The highest BCUT2D eigenvalue weighted by atomic mass is 16.5. The zero-order chi connectivity index (χ0) is 20.4. The number of likely N-dealkylation sites (tertiary alicyclic amines) is 1. The van der Waals surface area contributed by atoms with E-state index in [1.165, 1.54) is 0 Å². The lowest BCUT2D eigenvalue weighted by Crippen LogP contribution is -2.39. The van der Waals surface area contributed by atoms with Crippen LogP contribution < -0.4 is 14.2 Å². The van der Waals surface area contributed by atoms with Crippen molar-refractivity contribution in [1.29, 1.82) is 0 Å². The number of fused-ring (bicyclic) bond motifs is 1. The number of methoxy groups -OCH3 is 3. The number of nitrogens with one attached hydrogen (secondary N) is 1. The molecule has 0 bridgehead atoms. The van der Waals surface area contributed by atoms with Crippen molar-refractivity contribution in [3.05, 3.63) is 47.8 Å². The molecule has 1 N–H and O–H groups in total. The molecule has 2 heterocycles. The predicted molar refractivity (Wildman–Crippen MR) is 110 cm³/mol. The van der Waals surface area contributed by atoms with Gasteiger partial charge in [-0.25, -0.2) is 4.98 Å². The molecule has 0 radical (unpaired) electrons. The maximum Gasteiger partial charge on any atom is 0.254 e. The van der Waals surface area contributed by atoms with Crippen LogP contribution in [0.4, 0.5) is 0 Å². The topological polar surface area (TPSA) is 76.7 Å². The monoisotopic (exact) mass is 395 g/mol. The third-order valence-electron chi connectivity index (χ3n) is 5.41. The number of carbonyl (C=O) groups excluding carboxylic acids is 1. The zero-order valence-electron chi connectivity index (χ0n) is 16.9. The number of para-hydroxylation sites is 2. The van der Waals surface area contributed by atoms with E-state index < -0.39 is 0 Å². The van der Waals surface area contributed by atoms with Crippen molar-refractivity contribution in [1.82, 2.24) is 14.9 Å². The van der Waals surface area contributed by atoms with E-state index in [1.807, 2.05) is 29.2 Å². The Morgan fingerprint density at radius 2 is 1.83 bits per heavy atom. The molecule has 1 saturated heterocycles. The molecule has 2 aromatic carbocycles. The molecule has 1 amide bonds. The minimum Gasteiger partial charge on any atom is -0.493 e. The van der Waals surface area contributed by atoms with Gasteiger partial charge in [0.25, 0.3) is 5.91 Å². The van der Waals surface area contributed by atoms with Crippen molar-refractivity contribution in [2.75, 3.05) is 34.4 Å². The molecule has 7 nitrogen and oxygen atoms in total. The normalized spacial score (nSPS) is 16.7. The number of nitrogens with zero attached hydrogens (tertiary/aromatic N) is 2. The summed E-state index contributed by atoms with van der Waals surface area (Å²) in [7, 11) is 4.64. The Morgan fingerprint density at radius 1 is 1.10 bits per heavy atom. The van der Waals surface area contributed by atoms with Gasteiger partial charge in [0.2, 0.25) is 5.75 Å². The number of hydrogen-bond donors (Lipinski definition) is 1. The molecule has 1 fully saturated rings. The van der Waals surface area contributed by atoms with Crippen LogP contribution in [-0.4, -0.2) is 55.2 Å². The quantitative estimate of drug-likeness (QED) is 0.714.